The summed E-state index contributed by atoms with van der Waals surface area (Å²) in [5.74, 6) is 0.136. The third-order valence-electron chi connectivity index (χ3n) is 5.60. The average molecular weight is 459 g/mol. The van der Waals surface area contributed by atoms with Gasteiger partial charge < -0.3 is 25.0 Å². The highest BCUT2D eigenvalue weighted by molar-refractivity contribution is 5.87. The van der Waals surface area contributed by atoms with Gasteiger partial charge in [0, 0.05) is 38.0 Å². The molecule has 4 aromatic rings. The molecule has 1 amide bonds. The van der Waals surface area contributed by atoms with Crippen molar-refractivity contribution in [1.29, 1.82) is 0 Å². The van der Waals surface area contributed by atoms with Crippen LogP contribution in [0.5, 0.6) is 5.75 Å². The van der Waals surface area contributed by atoms with E-state index in [9.17, 15) is 15.0 Å². The smallest absolute Gasteiger partial charge is 0.262 e. The number of aryl methyl sites for hydroxylation is 1. The monoisotopic (exact) mass is 459 g/mol. The van der Waals surface area contributed by atoms with Gasteiger partial charge >= 0.3 is 0 Å². The van der Waals surface area contributed by atoms with Gasteiger partial charge in [0.15, 0.2) is 17.3 Å². The molecule has 1 aliphatic heterocycles. The number of hydrogen-bond acceptors (Lipinski definition) is 10. The van der Waals surface area contributed by atoms with Crippen LogP contribution in [0.2, 0.25) is 0 Å². The number of carbonyl (C=O) groups is 1. The first-order valence-electron chi connectivity index (χ1n) is 10.5. The molecule has 1 aliphatic rings. The van der Waals surface area contributed by atoms with E-state index in [0.717, 1.165) is 5.69 Å². The van der Waals surface area contributed by atoms with Crippen molar-refractivity contribution in [2.45, 2.75) is 18.9 Å². The molecule has 1 saturated heterocycles. The van der Waals surface area contributed by atoms with Crippen LogP contribution in [-0.4, -0.2) is 59.7 Å². The minimum absolute atomic E-state index is 0.0184. The van der Waals surface area contributed by atoms with Crippen molar-refractivity contribution in [3.05, 3.63) is 60.1 Å². The molecule has 3 N–H and O–H groups in total. The minimum atomic E-state index is -1.72. The maximum atomic E-state index is 12.3. The molecule has 172 valence electrons. The standard InChI is InChI=1S/C23H21N7O4/c1-13-6-7-18(31)20(25-13)28-22-24-10-8-16(27-22)14-4-3-5-15(26-14)17-12-19(34-29-17)23(33)9-11-30(2)21(23)32/h3-8,10,12,31,33H,9,11H2,1-2H3,(H,24,25,27,28)/t23-/m1/s1. The highest BCUT2D eigenvalue weighted by Crippen LogP contribution is 2.34. The van der Waals surface area contributed by atoms with Crippen molar-refractivity contribution in [2.24, 2.45) is 0 Å². The van der Waals surface area contributed by atoms with E-state index in [4.69, 9.17) is 4.52 Å². The van der Waals surface area contributed by atoms with E-state index in [1.165, 1.54) is 11.0 Å². The summed E-state index contributed by atoms with van der Waals surface area (Å²) in [5, 5.41) is 27.7. The molecule has 11 heteroatoms. The predicted octanol–water partition coefficient (Wildman–Crippen LogP) is 2.40. The van der Waals surface area contributed by atoms with Gasteiger partial charge in [-0.2, -0.15) is 0 Å². The van der Waals surface area contributed by atoms with E-state index in [1.807, 2.05) is 6.92 Å². The Hall–Kier alpha value is -4.38. The number of nitrogens with zero attached hydrogens (tertiary/aromatic N) is 6. The summed E-state index contributed by atoms with van der Waals surface area (Å²) in [6.45, 7) is 2.24. The Morgan fingerprint density at radius 3 is 2.59 bits per heavy atom. The summed E-state index contributed by atoms with van der Waals surface area (Å²) >= 11 is 0. The zero-order valence-electron chi connectivity index (χ0n) is 18.4. The quantitative estimate of drug-likeness (QED) is 0.406. The lowest BCUT2D eigenvalue weighted by Crippen LogP contribution is -2.35. The number of aliphatic hydroxyl groups is 1. The van der Waals surface area contributed by atoms with Gasteiger partial charge in [-0.05, 0) is 37.3 Å². The zero-order chi connectivity index (χ0) is 23.9. The molecule has 0 radical (unpaired) electrons. The molecular weight excluding hydrogens is 438 g/mol. The number of aromatic nitrogens is 5. The molecule has 1 fully saturated rings. The molecule has 34 heavy (non-hydrogen) atoms. The van der Waals surface area contributed by atoms with Crippen LogP contribution in [0.1, 0.15) is 17.9 Å². The number of anilines is 2. The summed E-state index contributed by atoms with van der Waals surface area (Å²) in [4.78, 5) is 31.3. The number of likely N-dealkylation sites (N-methyl/N-ethyl adjacent to an activating group) is 1. The minimum Gasteiger partial charge on any atom is -0.504 e. The van der Waals surface area contributed by atoms with Crippen LogP contribution in [0, 0.1) is 6.92 Å². The SMILES string of the molecule is Cc1ccc(O)c(Nc2nccc(-c3cccc(-c4cc([C@]5(O)CCN(C)C5=O)on4)n3)n2)n1. The van der Waals surface area contributed by atoms with Gasteiger partial charge in [0.05, 0.1) is 17.1 Å². The average Bonchev–Trinajstić information content (AvgIpc) is 3.44. The Balaban J connectivity index is 1.42. The number of aromatic hydroxyl groups is 1. The molecule has 5 heterocycles. The normalized spacial score (nSPS) is 17.9. The molecule has 0 spiro atoms. The molecule has 5 rings (SSSR count). The highest BCUT2D eigenvalue weighted by Gasteiger charge is 2.48. The fraction of sp³-hybridized carbons (Fsp3) is 0.217. The van der Waals surface area contributed by atoms with Crippen LogP contribution in [0.15, 0.2) is 53.2 Å². The summed E-state index contributed by atoms with van der Waals surface area (Å²) in [5.41, 5.74) is 0.953. The third kappa shape index (κ3) is 3.82. The second-order valence-corrected chi connectivity index (χ2v) is 8.03. The topological polar surface area (TPSA) is 150 Å². The van der Waals surface area contributed by atoms with Crippen molar-refractivity contribution >= 4 is 17.7 Å². The van der Waals surface area contributed by atoms with Crippen molar-refractivity contribution in [3.63, 3.8) is 0 Å². The Bertz CT molecular complexity index is 1390. The summed E-state index contributed by atoms with van der Waals surface area (Å²) in [7, 11) is 1.63. The van der Waals surface area contributed by atoms with Crippen molar-refractivity contribution in [3.8, 4) is 28.5 Å². The number of likely N-dealkylation sites (tertiary alicyclic amines) is 1. The molecular formula is C23H21N7O4. The van der Waals surface area contributed by atoms with Crippen molar-refractivity contribution in [2.75, 3.05) is 18.9 Å². The second kappa shape index (κ2) is 8.19. The molecule has 4 aromatic heterocycles. The number of pyridine rings is 2. The van der Waals surface area contributed by atoms with E-state index in [-0.39, 0.29) is 29.7 Å². The lowest BCUT2D eigenvalue weighted by atomic mass is 9.98. The number of carbonyl (C=O) groups excluding carboxylic acids is 1. The molecule has 1 atom stereocenters. The van der Waals surface area contributed by atoms with E-state index in [0.29, 0.717) is 29.3 Å². The molecule has 0 aromatic carbocycles. The summed E-state index contributed by atoms with van der Waals surface area (Å²) in [6.07, 6.45) is 1.80. The third-order valence-corrected chi connectivity index (χ3v) is 5.60. The Morgan fingerprint density at radius 2 is 1.82 bits per heavy atom. The molecule has 0 bridgehead atoms. The van der Waals surface area contributed by atoms with Crippen LogP contribution in [0.4, 0.5) is 11.8 Å². The van der Waals surface area contributed by atoms with E-state index < -0.39 is 11.5 Å². The number of hydrogen-bond donors (Lipinski definition) is 3. The van der Waals surface area contributed by atoms with Crippen LogP contribution in [-0.2, 0) is 10.4 Å². The lowest BCUT2D eigenvalue weighted by molar-refractivity contribution is -0.144. The van der Waals surface area contributed by atoms with Gasteiger partial charge in [0.25, 0.3) is 5.91 Å². The highest BCUT2D eigenvalue weighted by atomic mass is 16.5. The number of amides is 1. The molecule has 0 aliphatic carbocycles. The van der Waals surface area contributed by atoms with Crippen LogP contribution >= 0.6 is 0 Å². The summed E-state index contributed by atoms with van der Waals surface area (Å²) < 4.78 is 5.32. The Morgan fingerprint density at radius 1 is 1.06 bits per heavy atom. The van der Waals surface area contributed by atoms with Gasteiger partial charge in [-0.15, -0.1) is 0 Å². The fourth-order valence-electron chi connectivity index (χ4n) is 3.70. The van der Waals surface area contributed by atoms with Gasteiger partial charge in [0.1, 0.15) is 5.69 Å². The van der Waals surface area contributed by atoms with Gasteiger partial charge in [0.2, 0.25) is 11.5 Å². The predicted molar refractivity (Wildman–Crippen MR) is 121 cm³/mol. The summed E-state index contributed by atoms with van der Waals surface area (Å²) in [6, 6.07) is 11.8. The van der Waals surface area contributed by atoms with Crippen LogP contribution in [0.25, 0.3) is 22.8 Å². The fourth-order valence-corrected chi connectivity index (χ4v) is 3.70. The second-order valence-electron chi connectivity index (χ2n) is 8.03. The van der Waals surface area contributed by atoms with Crippen LogP contribution < -0.4 is 5.32 Å². The Kier molecular flexibility index (Phi) is 5.17. The number of rotatable bonds is 5. The molecule has 0 unspecified atom stereocenters. The molecule has 0 saturated carbocycles. The maximum absolute atomic E-state index is 12.3. The van der Waals surface area contributed by atoms with Gasteiger partial charge in [-0.1, -0.05) is 11.2 Å². The molecule has 11 nitrogen and oxygen atoms in total. The van der Waals surface area contributed by atoms with Crippen molar-refractivity contribution in [1.82, 2.24) is 30.0 Å². The first-order valence-corrected chi connectivity index (χ1v) is 10.5. The zero-order valence-corrected chi connectivity index (χ0v) is 18.4. The van der Waals surface area contributed by atoms with Gasteiger partial charge in [-0.25, -0.2) is 19.9 Å². The largest absolute Gasteiger partial charge is 0.504 e. The first-order chi connectivity index (χ1) is 16.3. The number of nitrogens with one attached hydrogen (secondary N) is 1. The van der Waals surface area contributed by atoms with Gasteiger partial charge in [-0.3, -0.25) is 4.79 Å². The van der Waals surface area contributed by atoms with E-state index in [1.54, 1.807) is 49.6 Å². The van der Waals surface area contributed by atoms with E-state index >= 15 is 0 Å². The maximum Gasteiger partial charge on any atom is 0.262 e. The van der Waals surface area contributed by atoms with Crippen molar-refractivity contribution < 1.29 is 19.5 Å². The van der Waals surface area contributed by atoms with E-state index in [2.05, 4.69) is 30.4 Å². The lowest BCUT2D eigenvalue weighted by Gasteiger charge is -2.16. The van der Waals surface area contributed by atoms with Crippen LogP contribution in [0.3, 0.4) is 0 Å². The first kappa shape index (κ1) is 21.5. The Labute approximate surface area is 194 Å².